The second-order valence-electron chi connectivity index (χ2n) is 19.2. The van der Waals surface area contributed by atoms with Gasteiger partial charge in [-0.05, 0) is 0 Å². The average molecular weight is 910 g/mol. The number of allylic oxidation sites excluding steroid dienone is 2. The molecule has 53 heavy (non-hydrogen) atoms. The first kappa shape index (κ1) is 40.5. The largest absolute Gasteiger partial charge is 1.00 e. The third kappa shape index (κ3) is 6.65. The van der Waals surface area contributed by atoms with Gasteiger partial charge in [-0.2, -0.15) is 0 Å². The van der Waals surface area contributed by atoms with Crippen LogP contribution in [0, 0.1) is 11.8 Å². The van der Waals surface area contributed by atoms with Crippen LogP contribution in [0.5, 0.6) is 0 Å². The molecule has 1 aliphatic heterocycles. The van der Waals surface area contributed by atoms with Crippen LogP contribution in [0.25, 0.3) is 34.4 Å². The van der Waals surface area contributed by atoms with Crippen LogP contribution in [0.15, 0.2) is 96.1 Å². The molecule has 8 rings (SSSR count). The van der Waals surface area contributed by atoms with E-state index in [9.17, 15) is 0 Å². The molecule has 1 saturated heterocycles. The molecule has 0 N–H and O–H groups in total. The molecule has 1 heterocycles. The SMILES string of the molecule is CC(C)C1=Cc2c(-c3ccc(C(C)(C)C)cc3)cccc2[CH]1[Hf+2]1([CH]2C(C(C)C)=Cc3c(-c4ccc(C(C)(C)C)cc4)cccc32)[CH]2CCCC[CH]21.[Cl-].[Cl-]. The minimum absolute atomic E-state index is 0. The fourth-order valence-electron chi connectivity index (χ4n) is 11.0. The monoisotopic (exact) mass is 910 g/mol. The summed E-state index contributed by atoms with van der Waals surface area (Å²) in [6.45, 7) is 23.9. The van der Waals surface area contributed by atoms with Crippen LogP contribution in [0.3, 0.4) is 0 Å². The van der Waals surface area contributed by atoms with Gasteiger partial charge in [0.15, 0.2) is 0 Å². The molecule has 0 spiro atoms. The summed E-state index contributed by atoms with van der Waals surface area (Å²) < 4.78 is 3.32. The summed E-state index contributed by atoms with van der Waals surface area (Å²) in [4.78, 5) is 0. The Morgan fingerprint density at radius 3 is 1.19 bits per heavy atom. The summed E-state index contributed by atoms with van der Waals surface area (Å²) in [6.07, 6.45) is 11.2. The van der Waals surface area contributed by atoms with Gasteiger partial charge in [-0.15, -0.1) is 0 Å². The Morgan fingerprint density at radius 1 is 0.509 bits per heavy atom. The van der Waals surface area contributed by atoms with E-state index >= 15 is 0 Å². The molecular weight excluding hydrogens is 850 g/mol. The van der Waals surface area contributed by atoms with E-state index in [1.54, 1.807) is 33.4 Å². The van der Waals surface area contributed by atoms with Gasteiger partial charge in [0.05, 0.1) is 0 Å². The van der Waals surface area contributed by atoms with E-state index in [1.165, 1.54) is 59.1 Å². The number of hydrogen-bond acceptors (Lipinski definition) is 0. The van der Waals surface area contributed by atoms with E-state index in [2.05, 4.69) is 166 Å². The summed E-state index contributed by atoms with van der Waals surface area (Å²) in [5.74, 6) is 1.11. The molecule has 0 radical (unpaired) electrons. The molecule has 3 aliphatic carbocycles. The Hall–Kier alpha value is -2.19. The van der Waals surface area contributed by atoms with Gasteiger partial charge >= 0.3 is 316 Å². The minimum Gasteiger partial charge on any atom is -1.00 e. The maximum absolute atomic E-state index is 3.31. The summed E-state index contributed by atoms with van der Waals surface area (Å²) in [5, 5.41) is 0. The van der Waals surface area contributed by atoms with Crippen molar-refractivity contribution in [1.82, 2.24) is 0 Å². The van der Waals surface area contributed by atoms with Crippen molar-refractivity contribution in [2.24, 2.45) is 11.8 Å². The van der Waals surface area contributed by atoms with Gasteiger partial charge < -0.3 is 24.8 Å². The molecular formula is C50H60Cl2Hf. The quantitative estimate of drug-likeness (QED) is 0.170. The Labute approximate surface area is 338 Å². The molecule has 4 unspecified atom stereocenters. The number of hydrogen-bond donors (Lipinski definition) is 0. The summed E-state index contributed by atoms with van der Waals surface area (Å²) in [5.41, 5.74) is 18.8. The molecule has 0 bridgehead atoms. The average Bonchev–Trinajstić information content (AvgIpc) is 3.36. The van der Waals surface area contributed by atoms with Crippen LogP contribution in [-0.4, -0.2) is 0 Å². The van der Waals surface area contributed by atoms with Crippen LogP contribution in [-0.2, 0) is 30.8 Å². The van der Waals surface area contributed by atoms with Gasteiger partial charge in [0, 0.05) is 0 Å². The molecule has 0 aromatic heterocycles. The summed E-state index contributed by atoms with van der Waals surface area (Å²) >= 11 is -3.31. The Bertz CT molecular complexity index is 1880. The topological polar surface area (TPSA) is 0 Å². The molecule has 0 amide bonds. The van der Waals surface area contributed by atoms with Gasteiger partial charge in [0.25, 0.3) is 0 Å². The summed E-state index contributed by atoms with van der Waals surface area (Å²) in [7, 11) is 0. The molecule has 4 atom stereocenters. The molecule has 278 valence electrons. The van der Waals surface area contributed by atoms with Crippen molar-refractivity contribution >= 4 is 12.2 Å². The van der Waals surface area contributed by atoms with E-state index in [4.69, 9.17) is 0 Å². The number of rotatable bonds is 6. The van der Waals surface area contributed by atoms with Crippen molar-refractivity contribution in [3.63, 3.8) is 0 Å². The fraction of sp³-hybridized carbons (Fsp3) is 0.440. The Morgan fingerprint density at radius 2 is 0.868 bits per heavy atom. The smallest absolute Gasteiger partial charge is 1.00 e. The van der Waals surface area contributed by atoms with Crippen LogP contribution >= 0.6 is 0 Å². The fourth-order valence-corrected chi connectivity index (χ4v) is 47.3. The zero-order valence-electron chi connectivity index (χ0n) is 33.8. The van der Waals surface area contributed by atoms with Crippen molar-refractivity contribution in [2.45, 2.75) is 120 Å². The first-order valence-corrected chi connectivity index (χ1v) is 28.4. The van der Waals surface area contributed by atoms with Crippen molar-refractivity contribution in [2.75, 3.05) is 0 Å². The van der Waals surface area contributed by atoms with E-state index in [0.29, 0.717) is 19.2 Å². The second kappa shape index (κ2) is 14.7. The van der Waals surface area contributed by atoms with Crippen molar-refractivity contribution < 1.29 is 44.8 Å². The molecule has 4 aliphatic rings. The molecule has 4 aromatic carbocycles. The molecule has 0 nitrogen and oxygen atoms in total. The molecule has 4 aromatic rings. The zero-order chi connectivity index (χ0) is 36.0. The van der Waals surface area contributed by atoms with E-state index in [-0.39, 0.29) is 35.6 Å². The molecule has 3 heteroatoms. The Kier molecular flexibility index (Phi) is 11.2. The van der Waals surface area contributed by atoms with Gasteiger partial charge in [-0.25, -0.2) is 0 Å². The van der Waals surface area contributed by atoms with Gasteiger partial charge in [0.2, 0.25) is 0 Å². The van der Waals surface area contributed by atoms with Crippen molar-refractivity contribution in [3.8, 4) is 22.3 Å². The summed E-state index contributed by atoms with van der Waals surface area (Å²) in [6, 6.07) is 33.8. The maximum Gasteiger partial charge on any atom is -1.00 e. The van der Waals surface area contributed by atoms with E-state index < -0.39 is 20.0 Å². The second-order valence-corrected chi connectivity index (χ2v) is 35.9. The van der Waals surface area contributed by atoms with Gasteiger partial charge in [-0.1, -0.05) is 0 Å². The van der Waals surface area contributed by atoms with Crippen LogP contribution in [0.1, 0.15) is 136 Å². The zero-order valence-corrected chi connectivity index (χ0v) is 38.9. The number of benzene rings is 4. The molecule has 1 saturated carbocycles. The van der Waals surface area contributed by atoms with E-state index in [0.717, 1.165) is 7.35 Å². The predicted octanol–water partition coefficient (Wildman–Crippen LogP) is 8.83. The van der Waals surface area contributed by atoms with Gasteiger partial charge in [-0.3, -0.25) is 0 Å². The first-order valence-electron chi connectivity index (χ1n) is 20.1. The third-order valence-electron chi connectivity index (χ3n) is 13.6. The molecule has 2 fully saturated rings. The van der Waals surface area contributed by atoms with Crippen LogP contribution in [0.2, 0.25) is 7.35 Å². The number of fused-ring (bicyclic) bond motifs is 3. The minimum atomic E-state index is -3.31. The first-order chi connectivity index (χ1) is 24.2. The van der Waals surface area contributed by atoms with Crippen LogP contribution < -0.4 is 24.8 Å². The normalized spacial score (nSPS) is 23.2. The van der Waals surface area contributed by atoms with Crippen molar-refractivity contribution in [3.05, 3.63) is 129 Å². The van der Waals surface area contributed by atoms with E-state index in [1.807, 2.05) is 0 Å². The van der Waals surface area contributed by atoms with Gasteiger partial charge in [0.1, 0.15) is 0 Å². The maximum atomic E-state index is 2.71. The Balaban J connectivity index is 0.00000240. The third-order valence-corrected chi connectivity index (χ3v) is 38.2. The number of halogens is 2. The standard InChI is InChI=1S/2C22H25.C6H10.2ClH.Hf/c2*1-15(2)18-13-17-7-6-8-20(21(17)14-18)16-9-11-19(12-10-16)22(3,4)5;1-2-4-6-5-3-1;;;/h2*6-15H,1-5H3;1-2H,3-6H2;2*1H;/q;;;;;+2/p-2. The van der Waals surface area contributed by atoms with Crippen molar-refractivity contribution in [1.29, 1.82) is 0 Å². The van der Waals surface area contributed by atoms with Crippen LogP contribution in [0.4, 0.5) is 0 Å². The predicted molar refractivity (Wildman–Crippen MR) is 218 cm³/mol.